The Hall–Kier alpha value is -1.20. The molecule has 22 heavy (non-hydrogen) atoms. The molecule has 4 nitrogen and oxygen atoms in total. The Morgan fingerprint density at radius 1 is 1.27 bits per heavy atom. The van der Waals surface area contributed by atoms with Crippen molar-refractivity contribution in [3.63, 3.8) is 0 Å². The summed E-state index contributed by atoms with van der Waals surface area (Å²) in [5.41, 5.74) is 2.86. The molecule has 0 radical (unpaired) electrons. The van der Waals surface area contributed by atoms with Crippen molar-refractivity contribution in [2.24, 2.45) is 16.8 Å². The molecule has 4 bridgehead atoms. The first-order valence-electron chi connectivity index (χ1n) is 8.07. The summed E-state index contributed by atoms with van der Waals surface area (Å²) >= 11 is 3.51. The molecule has 5 aliphatic rings. The second kappa shape index (κ2) is 4.65. The minimum atomic E-state index is 0.151. The van der Waals surface area contributed by atoms with Crippen LogP contribution in [0.25, 0.3) is 0 Å². The zero-order valence-corrected chi connectivity index (χ0v) is 13.9. The molecule has 0 saturated carbocycles. The third-order valence-corrected chi connectivity index (χ3v) is 6.34. The quantitative estimate of drug-likeness (QED) is 0.767. The standard InChI is InChI=1S/C17H18BrN3O/c18-12-2-1-10-6-19-16(14(10)5-12)17(22)21-8-11-7-20-4-3-13(11)15(21)9-20/h1-2,5,11,13,15H,3-4,6-9H2/t11-,13-,15-/m0/s1. The van der Waals surface area contributed by atoms with E-state index in [1.54, 1.807) is 0 Å². The van der Waals surface area contributed by atoms with Crippen LogP contribution < -0.4 is 0 Å². The van der Waals surface area contributed by atoms with Crippen LogP contribution in [-0.4, -0.2) is 53.6 Å². The van der Waals surface area contributed by atoms with Gasteiger partial charge in [0.15, 0.2) is 0 Å². The molecule has 5 heteroatoms. The lowest BCUT2D eigenvalue weighted by Crippen LogP contribution is -2.54. The van der Waals surface area contributed by atoms with E-state index in [0.717, 1.165) is 29.0 Å². The molecule has 0 aromatic heterocycles. The minimum absolute atomic E-state index is 0.151. The normalized spacial score (nSPS) is 34.8. The summed E-state index contributed by atoms with van der Waals surface area (Å²) in [4.78, 5) is 22.3. The van der Waals surface area contributed by atoms with E-state index in [1.165, 1.54) is 25.1 Å². The van der Waals surface area contributed by atoms with Crippen LogP contribution in [0.4, 0.5) is 0 Å². The number of amides is 1. The average molecular weight is 360 g/mol. The summed E-state index contributed by atoms with van der Waals surface area (Å²) in [6.45, 7) is 5.02. The zero-order chi connectivity index (χ0) is 14.8. The van der Waals surface area contributed by atoms with Crippen LogP contribution in [0.1, 0.15) is 17.5 Å². The molecule has 6 rings (SSSR count). The Bertz CT molecular complexity index is 701. The number of carbonyl (C=O) groups is 1. The molecule has 1 unspecified atom stereocenters. The number of rotatable bonds is 1. The lowest BCUT2D eigenvalue weighted by Gasteiger charge is -2.44. The number of aliphatic imine (C=N–C) groups is 1. The smallest absolute Gasteiger partial charge is 0.272 e. The molecular weight excluding hydrogens is 342 g/mol. The van der Waals surface area contributed by atoms with Gasteiger partial charge in [-0.15, -0.1) is 0 Å². The number of halogens is 1. The van der Waals surface area contributed by atoms with Crippen LogP contribution in [0.3, 0.4) is 0 Å². The molecule has 5 aliphatic heterocycles. The number of nitrogens with zero attached hydrogens (tertiary/aromatic N) is 3. The summed E-state index contributed by atoms with van der Waals surface area (Å²) in [6.07, 6.45) is 1.26. The van der Waals surface area contributed by atoms with Crippen LogP contribution in [0, 0.1) is 11.8 Å². The molecule has 1 aromatic rings. The van der Waals surface area contributed by atoms with Crippen molar-refractivity contribution < 1.29 is 4.79 Å². The maximum Gasteiger partial charge on any atom is 0.272 e. The van der Waals surface area contributed by atoms with Crippen LogP contribution in [0.5, 0.6) is 0 Å². The Labute approximate surface area is 138 Å². The van der Waals surface area contributed by atoms with E-state index in [9.17, 15) is 4.79 Å². The Kier molecular flexibility index (Phi) is 2.80. The number of carbonyl (C=O) groups excluding carboxylic acids is 1. The van der Waals surface area contributed by atoms with Gasteiger partial charge in [0, 0.05) is 35.7 Å². The predicted molar refractivity (Wildman–Crippen MR) is 87.9 cm³/mol. The van der Waals surface area contributed by atoms with Gasteiger partial charge in [-0.05, 0) is 42.5 Å². The summed E-state index contributed by atoms with van der Waals surface area (Å²) < 4.78 is 1.01. The second-order valence-corrected chi connectivity index (χ2v) is 7.88. The Morgan fingerprint density at radius 2 is 2.18 bits per heavy atom. The van der Waals surface area contributed by atoms with E-state index in [-0.39, 0.29) is 5.91 Å². The second-order valence-electron chi connectivity index (χ2n) is 6.96. The van der Waals surface area contributed by atoms with Crippen LogP contribution in [0.2, 0.25) is 0 Å². The first kappa shape index (κ1) is 13.3. The van der Waals surface area contributed by atoms with Gasteiger partial charge in [0.2, 0.25) is 0 Å². The molecule has 4 saturated heterocycles. The molecule has 4 fully saturated rings. The molecular formula is C17H18BrN3O. The lowest BCUT2D eigenvalue weighted by molar-refractivity contribution is -0.125. The predicted octanol–water partition coefficient (Wildman–Crippen LogP) is 1.91. The highest BCUT2D eigenvalue weighted by atomic mass is 79.9. The molecule has 4 atom stereocenters. The topological polar surface area (TPSA) is 35.9 Å². The van der Waals surface area contributed by atoms with Crippen molar-refractivity contribution in [1.82, 2.24) is 9.80 Å². The van der Waals surface area contributed by atoms with Crippen molar-refractivity contribution in [2.75, 3.05) is 26.2 Å². The van der Waals surface area contributed by atoms with Gasteiger partial charge in [0.25, 0.3) is 5.91 Å². The van der Waals surface area contributed by atoms with Gasteiger partial charge in [-0.2, -0.15) is 0 Å². The highest BCUT2D eigenvalue weighted by Crippen LogP contribution is 2.42. The van der Waals surface area contributed by atoms with Crippen LogP contribution in [0.15, 0.2) is 27.7 Å². The minimum Gasteiger partial charge on any atom is -0.332 e. The van der Waals surface area contributed by atoms with E-state index >= 15 is 0 Å². The van der Waals surface area contributed by atoms with Gasteiger partial charge in [-0.1, -0.05) is 22.0 Å². The molecule has 114 valence electrons. The van der Waals surface area contributed by atoms with E-state index in [0.29, 0.717) is 24.2 Å². The summed E-state index contributed by atoms with van der Waals surface area (Å²) in [6, 6.07) is 6.55. The molecule has 0 spiro atoms. The van der Waals surface area contributed by atoms with E-state index < -0.39 is 0 Å². The number of fused-ring (bicyclic) bond motifs is 2. The number of piperidine rings is 3. The SMILES string of the molecule is O=C(C1=NCc2ccc(Br)cc21)N1C[C@@H]2CN3CC[C@@H]2[C@@H]1C3. The molecule has 1 aromatic carbocycles. The maximum absolute atomic E-state index is 13.1. The molecule has 5 heterocycles. The van der Waals surface area contributed by atoms with Gasteiger partial charge >= 0.3 is 0 Å². The fourth-order valence-electron chi connectivity index (χ4n) is 4.82. The Balaban J connectivity index is 1.46. The first-order chi connectivity index (χ1) is 10.7. The zero-order valence-electron chi connectivity index (χ0n) is 12.3. The Morgan fingerprint density at radius 3 is 3.00 bits per heavy atom. The number of hydrogen-bond donors (Lipinski definition) is 0. The van der Waals surface area contributed by atoms with Crippen molar-refractivity contribution in [3.05, 3.63) is 33.8 Å². The molecule has 0 aliphatic carbocycles. The largest absolute Gasteiger partial charge is 0.332 e. The maximum atomic E-state index is 13.1. The summed E-state index contributed by atoms with van der Waals surface area (Å²) in [5, 5.41) is 0. The van der Waals surface area contributed by atoms with Gasteiger partial charge in [-0.3, -0.25) is 9.79 Å². The van der Waals surface area contributed by atoms with Crippen molar-refractivity contribution >= 4 is 27.5 Å². The van der Waals surface area contributed by atoms with E-state index in [2.05, 4.69) is 36.8 Å². The van der Waals surface area contributed by atoms with Gasteiger partial charge in [-0.25, -0.2) is 0 Å². The fourth-order valence-corrected chi connectivity index (χ4v) is 5.18. The fraction of sp³-hybridized carbons (Fsp3) is 0.529. The monoisotopic (exact) mass is 359 g/mol. The van der Waals surface area contributed by atoms with Gasteiger partial charge < -0.3 is 9.80 Å². The summed E-state index contributed by atoms with van der Waals surface area (Å²) in [5.74, 6) is 1.55. The summed E-state index contributed by atoms with van der Waals surface area (Å²) in [7, 11) is 0. The molecule has 1 amide bonds. The van der Waals surface area contributed by atoms with Crippen LogP contribution in [-0.2, 0) is 11.3 Å². The van der Waals surface area contributed by atoms with Gasteiger partial charge in [0.1, 0.15) is 5.71 Å². The van der Waals surface area contributed by atoms with E-state index in [1.807, 2.05) is 12.1 Å². The highest BCUT2D eigenvalue weighted by Gasteiger charge is 2.51. The third-order valence-electron chi connectivity index (χ3n) is 5.85. The van der Waals surface area contributed by atoms with Gasteiger partial charge in [0.05, 0.1) is 6.54 Å². The lowest BCUT2D eigenvalue weighted by atomic mass is 9.80. The first-order valence-corrected chi connectivity index (χ1v) is 8.86. The highest BCUT2D eigenvalue weighted by molar-refractivity contribution is 9.10. The third kappa shape index (κ3) is 1.78. The van der Waals surface area contributed by atoms with Crippen molar-refractivity contribution in [2.45, 2.75) is 19.0 Å². The van der Waals surface area contributed by atoms with E-state index in [4.69, 9.17) is 0 Å². The number of benzene rings is 1. The van der Waals surface area contributed by atoms with Crippen molar-refractivity contribution in [3.8, 4) is 0 Å². The molecule has 0 N–H and O–H groups in total. The average Bonchev–Trinajstić information content (AvgIpc) is 3.06. The van der Waals surface area contributed by atoms with Crippen LogP contribution >= 0.6 is 15.9 Å². The number of likely N-dealkylation sites (tertiary alicyclic amines) is 1. The van der Waals surface area contributed by atoms with Crippen molar-refractivity contribution in [1.29, 1.82) is 0 Å². The number of hydrogen-bond acceptors (Lipinski definition) is 3.